The van der Waals surface area contributed by atoms with E-state index in [4.69, 9.17) is 11.6 Å². The third-order valence-electron chi connectivity index (χ3n) is 3.23. The molecule has 0 saturated heterocycles. The fourth-order valence-electron chi connectivity index (χ4n) is 2.02. The number of anilines is 2. The molecule has 0 aliphatic carbocycles. The number of nitrogens with zero attached hydrogens (tertiary/aromatic N) is 1. The van der Waals surface area contributed by atoms with E-state index in [9.17, 15) is 26.4 Å². The van der Waals surface area contributed by atoms with Gasteiger partial charge >= 0.3 is 5.51 Å². The van der Waals surface area contributed by atoms with E-state index in [2.05, 4.69) is 15.6 Å². The zero-order valence-corrected chi connectivity index (χ0v) is 14.8. The molecule has 26 heavy (non-hydrogen) atoms. The summed E-state index contributed by atoms with van der Waals surface area (Å²) in [6, 6.07) is 5.52. The van der Waals surface area contributed by atoms with Gasteiger partial charge in [0.1, 0.15) is 5.15 Å². The van der Waals surface area contributed by atoms with Crippen molar-refractivity contribution in [3.8, 4) is 0 Å². The summed E-state index contributed by atoms with van der Waals surface area (Å²) >= 11 is 5.82. The van der Waals surface area contributed by atoms with Gasteiger partial charge in [-0.3, -0.25) is 4.79 Å². The largest absolute Gasteiger partial charge is 0.501 e. The minimum Gasteiger partial charge on any atom is -0.384 e. The number of nitrogens with one attached hydrogen (secondary N) is 2. The van der Waals surface area contributed by atoms with Crippen LogP contribution < -0.4 is 10.6 Å². The van der Waals surface area contributed by atoms with Gasteiger partial charge in [0.05, 0.1) is 21.8 Å². The molecule has 0 aliphatic heterocycles. The number of halogens is 4. The molecule has 1 amide bonds. The monoisotopic (exact) mass is 407 g/mol. The van der Waals surface area contributed by atoms with E-state index in [-0.39, 0.29) is 22.1 Å². The van der Waals surface area contributed by atoms with Crippen molar-refractivity contribution >= 4 is 38.7 Å². The number of alkyl halides is 3. The molecule has 0 spiro atoms. The lowest BCUT2D eigenvalue weighted by Gasteiger charge is -2.15. The lowest BCUT2D eigenvalue weighted by molar-refractivity contribution is -0.0436. The molecular weight excluding hydrogens is 395 g/mol. The molecule has 1 aromatic heterocycles. The molecule has 0 saturated carbocycles. The number of sulfone groups is 1. The number of benzene rings is 1. The topological polar surface area (TPSA) is 88.2 Å². The maximum absolute atomic E-state index is 12.8. The van der Waals surface area contributed by atoms with E-state index in [1.807, 2.05) is 0 Å². The molecule has 2 aromatic rings. The number of hydrogen-bond acceptors (Lipinski definition) is 5. The quantitative estimate of drug-likeness (QED) is 0.737. The molecule has 2 rings (SSSR count). The molecule has 1 heterocycles. The van der Waals surface area contributed by atoms with Gasteiger partial charge in [-0.1, -0.05) is 11.6 Å². The van der Waals surface area contributed by atoms with Crippen molar-refractivity contribution in [2.75, 3.05) is 17.2 Å². The minimum atomic E-state index is -5.56. The van der Waals surface area contributed by atoms with E-state index < -0.39 is 26.1 Å². The lowest BCUT2D eigenvalue weighted by Crippen LogP contribution is -2.23. The summed E-state index contributed by atoms with van der Waals surface area (Å²) in [5, 5.41) is 5.08. The second-order valence-corrected chi connectivity index (χ2v) is 7.28. The van der Waals surface area contributed by atoms with Crippen LogP contribution in [-0.4, -0.2) is 31.4 Å². The van der Waals surface area contributed by atoms with Crippen LogP contribution in [0.5, 0.6) is 0 Å². The Morgan fingerprint density at radius 2 is 1.92 bits per heavy atom. The highest BCUT2D eigenvalue weighted by molar-refractivity contribution is 7.92. The van der Waals surface area contributed by atoms with Gasteiger partial charge in [0, 0.05) is 12.7 Å². The molecule has 0 radical (unpaired) electrons. The summed E-state index contributed by atoms with van der Waals surface area (Å²) in [7, 11) is -5.56. The first kappa shape index (κ1) is 20.0. The summed E-state index contributed by atoms with van der Waals surface area (Å²) in [6.07, 6.45) is 1.36. The SMILES string of the molecule is CCNc1ccc(S(=O)(=O)C(F)(F)F)cc1NC(=O)c1cccnc1Cl. The van der Waals surface area contributed by atoms with E-state index >= 15 is 0 Å². The molecule has 0 atom stereocenters. The Morgan fingerprint density at radius 1 is 1.23 bits per heavy atom. The molecule has 2 N–H and O–H groups in total. The number of pyridine rings is 1. The molecule has 0 fully saturated rings. The van der Waals surface area contributed by atoms with Crippen LogP contribution >= 0.6 is 11.6 Å². The molecule has 1 aromatic carbocycles. The second kappa shape index (κ2) is 7.50. The zero-order chi connectivity index (χ0) is 19.5. The number of hydrogen-bond donors (Lipinski definition) is 2. The third-order valence-corrected chi connectivity index (χ3v) is 5.01. The van der Waals surface area contributed by atoms with Crippen molar-refractivity contribution in [1.82, 2.24) is 4.98 Å². The fourth-order valence-corrected chi connectivity index (χ4v) is 3.01. The summed E-state index contributed by atoms with van der Waals surface area (Å²) in [4.78, 5) is 15.1. The van der Waals surface area contributed by atoms with Crippen molar-refractivity contribution < 1.29 is 26.4 Å². The highest BCUT2D eigenvalue weighted by Gasteiger charge is 2.47. The smallest absolute Gasteiger partial charge is 0.384 e. The molecule has 0 bridgehead atoms. The van der Waals surface area contributed by atoms with E-state index in [1.165, 1.54) is 18.3 Å². The molecule has 6 nitrogen and oxygen atoms in total. The van der Waals surface area contributed by atoms with Crippen LogP contribution in [0.3, 0.4) is 0 Å². The Labute approximate surface area is 152 Å². The molecule has 0 aliphatic rings. The van der Waals surface area contributed by atoms with Crippen molar-refractivity contribution in [3.63, 3.8) is 0 Å². The summed E-state index contributed by atoms with van der Waals surface area (Å²) in [5.41, 5.74) is -5.36. The highest BCUT2D eigenvalue weighted by Crippen LogP contribution is 2.34. The van der Waals surface area contributed by atoms with Gasteiger partial charge in [0.25, 0.3) is 15.7 Å². The van der Waals surface area contributed by atoms with E-state index in [0.717, 1.165) is 18.2 Å². The second-order valence-electron chi connectivity index (χ2n) is 4.98. The summed E-state index contributed by atoms with van der Waals surface area (Å²) in [6.45, 7) is 2.12. The van der Waals surface area contributed by atoms with Crippen molar-refractivity contribution in [2.45, 2.75) is 17.3 Å². The van der Waals surface area contributed by atoms with Crippen LogP contribution in [0, 0.1) is 0 Å². The van der Waals surface area contributed by atoms with Crippen molar-refractivity contribution in [2.24, 2.45) is 0 Å². The number of carbonyl (C=O) groups excluding carboxylic acids is 1. The Morgan fingerprint density at radius 3 is 2.50 bits per heavy atom. The van der Waals surface area contributed by atoms with Crippen molar-refractivity contribution in [1.29, 1.82) is 0 Å². The van der Waals surface area contributed by atoms with Gasteiger partial charge in [-0.15, -0.1) is 0 Å². The highest BCUT2D eigenvalue weighted by atomic mass is 35.5. The van der Waals surface area contributed by atoms with Crippen LogP contribution in [-0.2, 0) is 9.84 Å². The maximum atomic E-state index is 12.8. The average molecular weight is 408 g/mol. The Hall–Kier alpha value is -2.33. The predicted octanol–water partition coefficient (Wildman–Crippen LogP) is 3.71. The minimum absolute atomic E-state index is 0.0132. The Balaban J connectivity index is 2.47. The van der Waals surface area contributed by atoms with Crippen LogP contribution in [0.1, 0.15) is 17.3 Å². The first-order valence-electron chi connectivity index (χ1n) is 7.19. The van der Waals surface area contributed by atoms with Gasteiger partial charge in [0.15, 0.2) is 0 Å². The molecular formula is C15H13ClF3N3O3S. The molecule has 140 valence electrons. The number of carbonyl (C=O) groups is 1. The van der Waals surface area contributed by atoms with E-state index in [1.54, 1.807) is 6.92 Å². The number of amides is 1. The van der Waals surface area contributed by atoms with Gasteiger partial charge in [0.2, 0.25) is 0 Å². The standard InChI is InChI=1S/C15H13ClF3N3O3S/c1-2-20-11-6-5-9(26(24,25)15(17,18)19)8-12(11)22-14(23)10-4-3-7-21-13(10)16/h3-8,20H,2H2,1H3,(H,22,23). The van der Waals surface area contributed by atoms with Gasteiger partial charge in [-0.05, 0) is 37.3 Å². The van der Waals surface area contributed by atoms with Gasteiger partial charge in [-0.25, -0.2) is 13.4 Å². The predicted molar refractivity (Wildman–Crippen MR) is 91.0 cm³/mol. The normalized spacial score (nSPS) is 11.9. The average Bonchev–Trinajstić information content (AvgIpc) is 2.55. The van der Waals surface area contributed by atoms with Crippen LogP contribution in [0.4, 0.5) is 24.5 Å². The Kier molecular flexibility index (Phi) is 5.77. The number of rotatable bonds is 5. The summed E-state index contributed by atoms with van der Waals surface area (Å²) in [5.74, 6) is -0.746. The van der Waals surface area contributed by atoms with Crippen molar-refractivity contribution in [3.05, 3.63) is 47.2 Å². The number of aromatic nitrogens is 1. The summed E-state index contributed by atoms with van der Waals surface area (Å²) < 4.78 is 61.5. The zero-order valence-electron chi connectivity index (χ0n) is 13.3. The van der Waals surface area contributed by atoms with Gasteiger partial charge in [-0.2, -0.15) is 13.2 Å². The van der Waals surface area contributed by atoms with E-state index in [0.29, 0.717) is 6.54 Å². The first-order chi connectivity index (χ1) is 12.1. The van der Waals surface area contributed by atoms with Crippen LogP contribution in [0.2, 0.25) is 5.15 Å². The fraction of sp³-hybridized carbons (Fsp3) is 0.200. The van der Waals surface area contributed by atoms with Gasteiger partial charge < -0.3 is 10.6 Å². The van der Waals surface area contributed by atoms with Crippen LogP contribution in [0.15, 0.2) is 41.4 Å². The Bertz CT molecular complexity index is 933. The first-order valence-corrected chi connectivity index (χ1v) is 9.05. The molecule has 0 unspecified atom stereocenters. The maximum Gasteiger partial charge on any atom is 0.501 e. The molecule has 11 heteroatoms. The lowest BCUT2D eigenvalue weighted by atomic mass is 10.2. The van der Waals surface area contributed by atoms with Crippen LogP contribution in [0.25, 0.3) is 0 Å². The third kappa shape index (κ3) is 4.07.